The Morgan fingerprint density at radius 2 is 2.00 bits per heavy atom. The lowest BCUT2D eigenvalue weighted by Gasteiger charge is -2.03. The third-order valence-corrected chi connectivity index (χ3v) is 3.23. The topological polar surface area (TPSA) is 77.6 Å². The highest BCUT2D eigenvalue weighted by molar-refractivity contribution is 7.99. The second kappa shape index (κ2) is 4.82. The Morgan fingerprint density at radius 3 is 2.75 bits per heavy atom. The number of halogens is 2. The lowest BCUT2D eigenvalue weighted by molar-refractivity contribution is 0.933. The van der Waals surface area contributed by atoms with Gasteiger partial charge >= 0.3 is 0 Å². The Bertz CT molecular complexity index is 522. The van der Waals surface area contributed by atoms with Gasteiger partial charge in [-0.25, -0.2) is 0 Å². The Kier molecular flexibility index (Phi) is 3.42. The minimum Gasteiger partial charge on any atom is -0.396 e. The molecule has 2 aromatic rings. The van der Waals surface area contributed by atoms with Gasteiger partial charge in [0.05, 0.1) is 16.8 Å². The maximum Gasteiger partial charge on any atom is 0.165 e. The summed E-state index contributed by atoms with van der Waals surface area (Å²) in [5.41, 5.74) is 6.24. The fraction of sp³-hybridized carbons (Fsp3) is 0. The Morgan fingerprint density at radius 1 is 1.19 bits per heavy atom. The molecule has 0 aromatic carbocycles. The molecule has 0 aliphatic rings. The number of rotatable bonds is 2. The van der Waals surface area contributed by atoms with E-state index in [1.54, 1.807) is 12.1 Å². The molecule has 16 heavy (non-hydrogen) atoms. The fourth-order valence-corrected chi connectivity index (χ4v) is 2.12. The zero-order chi connectivity index (χ0) is 11.5. The summed E-state index contributed by atoms with van der Waals surface area (Å²) in [6.07, 6.45) is 1.51. The Balaban J connectivity index is 2.34. The third-order valence-electron chi connectivity index (χ3n) is 1.61. The van der Waals surface area contributed by atoms with Crippen molar-refractivity contribution in [2.75, 3.05) is 5.73 Å². The van der Waals surface area contributed by atoms with Crippen LogP contribution in [-0.2, 0) is 0 Å². The van der Waals surface area contributed by atoms with Gasteiger partial charge in [0.2, 0.25) is 0 Å². The largest absolute Gasteiger partial charge is 0.396 e. The molecule has 0 atom stereocenters. The van der Waals surface area contributed by atoms with Crippen LogP contribution in [0, 0.1) is 0 Å². The molecule has 0 unspecified atom stereocenters. The molecule has 2 heterocycles. The molecule has 0 amide bonds. The van der Waals surface area contributed by atoms with Gasteiger partial charge in [0.25, 0.3) is 0 Å². The van der Waals surface area contributed by atoms with Gasteiger partial charge in [0, 0.05) is 0 Å². The van der Waals surface area contributed by atoms with Crippen molar-refractivity contribution in [1.29, 1.82) is 0 Å². The zero-order valence-corrected chi connectivity index (χ0v) is 10.1. The van der Waals surface area contributed by atoms with Crippen molar-refractivity contribution in [2.24, 2.45) is 0 Å². The number of nitrogen functional groups attached to an aromatic ring is 1. The average Bonchev–Trinajstić information content (AvgIpc) is 2.27. The van der Waals surface area contributed by atoms with Crippen molar-refractivity contribution < 1.29 is 0 Å². The molecular weight excluding hydrogens is 269 g/mol. The first-order valence-corrected chi connectivity index (χ1v) is 5.68. The molecule has 0 saturated heterocycles. The standard InChI is InChI=1S/C8H5Cl2N5S/c9-6-3-5(7(10)14-13-6)16-8-4(11)1-2-12-15-8/h1-3H,(H2,11,12). The van der Waals surface area contributed by atoms with Gasteiger partial charge in [0.1, 0.15) is 5.03 Å². The van der Waals surface area contributed by atoms with E-state index in [-0.39, 0.29) is 10.3 Å². The van der Waals surface area contributed by atoms with Crippen LogP contribution in [0.4, 0.5) is 5.69 Å². The first kappa shape index (κ1) is 11.4. The molecule has 0 saturated carbocycles. The molecule has 5 nitrogen and oxygen atoms in total. The van der Waals surface area contributed by atoms with E-state index in [0.717, 1.165) is 0 Å². The number of nitrogens with zero attached hydrogens (tertiary/aromatic N) is 4. The van der Waals surface area contributed by atoms with Crippen molar-refractivity contribution in [3.8, 4) is 0 Å². The van der Waals surface area contributed by atoms with Crippen LogP contribution in [0.5, 0.6) is 0 Å². The molecule has 8 heteroatoms. The molecular formula is C8H5Cl2N5S. The Labute approximate surface area is 105 Å². The van der Waals surface area contributed by atoms with Gasteiger partial charge in [-0.1, -0.05) is 35.0 Å². The van der Waals surface area contributed by atoms with Gasteiger partial charge in [0.15, 0.2) is 10.3 Å². The maximum atomic E-state index is 5.86. The van der Waals surface area contributed by atoms with E-state index < -0.39 is 0 Å². The van der Waals surface area contributed by atoms with Crippen LogP contribution < -0.4 is 5.73 Å². The smallest absolute Gasteiger partial charge is 0.165 e. The number of anilines is 1. The van der Waals surface area contributed by atoms with Gasteiger partial charge in [-0.3, -0.25) is 0 Å². The van der Waals surface area contributed by atoms with E-state index in [1.807, 2.05) is 0 Å². The molecule has 82 valence electrons. The summed E-state index contributed by atoms with van der Waals surface area (Å²) >= 11 is 12.8. The predicted octanol–water partition coefficient (Wildman–Crippen LogP) is 2.31. The molecule has 0 aliphatic carbocycles. The van der Waals surface area contributed by atoms with Gasteiger partial charge < -0.3 is 5.73 Å². The van der Waals surface area contributed by atoms with Crippen molar-refractivity contribution in [3.63, 3.8) is 0 Å². The van der Waals surface area contributed by atoms with Crippen molar-refractivity contribution in [1.82, 2.24) is 20.4 Å². The number of aromatic nitrogens is 4. The molecule has 0 radical (unpaired) electrons. The van der Waals surface area contributed by atoms with Crippen molar-refractivity contribution >= 4 is 40.7 Å². The summed E-state index contributed by atoms with van der Waals surface area (Å²) in [6, 6.07) is 3.25. The number of hydrogen-bond donors (Lipinski definition) is 1. The summed E-state index contributed by atoms with van der Waals surface area (Å²) in [5, 5.41) is 16.0. The van der Waals surface area contributed by atoms with Gasteiger partial charge in [-0.05, 0) is 12.1 Å². The lowest BCUT2D eigenvalue weighted by atomic mass is 10.5. The van der Waals surface area contributed by atoms with Crippen LogP contribution in [0.3, 0.4) is 0 Å². The van der Waals surface area contributed by atoms with E-state index in [1.165, 1.54) is 18.0 Å². The number of hydrogen-bond acceptors (Lipinski definition) is 6. The van der Waals surface area contributed by atoms with E-state index in [9.17, 15) is 0 Å². The summed E-state index contributed by atoms with van der Waals surface area (Å²) in [7, 11) is 0. The summed E-state index contributed by atoms with van der Waals surface area (Å²) in [4.78, 5) is 0.633. The molecule has 2 aromatic heterocycles. The Hall–Kier alpha value is -1.11. The molecule has 0 fully saturated rings. The molecule has 0 spiro atoms. The normalized spacial score (nSPS) is 10.4. The van der Waals surface area contributed by atoms with Crippen LogP contribution >= 0.6 is 35.0 Å². The lowest BCUT2D eigenvalue weighted by Crippen LogP contribution is -1.94. The first-order valence-electron chi connectivity index (χ1n) is 4.10. The monoisotopic (exact) mass is 273 g/mol. The van der Waals surface area contributed by atoms with Gasteiger partial charge in [-0.2, -0.15) is 5.10 Å². The SMILES string of the molecule is Nc1ccnnc1Sc1cc(Cl)nnc1Cl. The highest BCUT2D eigenvalue weighted by Gasteiger charge is 2.09. The molecule has 2 rings (SSSR count). The highest BCUT2D eigenvalue weighted by atomic mass is 35.5. The molecule has 0 bridgehead atoms. The predicted molar refractivity (Wildman–Crippen MR) is 62.6 cm³/mol. The van der Waals surface area contributed by atoms with E-state index in [0.29, 0.717) is 15.6 Å². The quantitative estimate of drug-likeness (QED) is 0.905. The summed E-state index contributed by atoms with van der Waals surface area (Å²) in [5.74, 6) is 0. The minimum absolute atomic E-state index is 0.249. The fourth-order valence-electron chi connectivity index (χ4n) is 0.921. The second-order valence-corrected chi connectivity index (χ2v) is 4.49. The second-order valence-electron chi connectivity index (χ2n) is 2.72. The highest BCUT2D eigenvalue weighted by Crippen LogP contribution is 2.33. The maximum absolute atomic E-state index is 5.86. The van der Waals surface area contributed by atoms with Crippen molar-refractivity contribution in [2.45, 2.75) is 9.92 Å². The van der Waals surface area contributed by atoms with E-state index in [4.69, 9.17) is 28.9 Å². The van der Waals surface area contributed by atoms with Crippen molar-refractivity contribution in [3.05, 3.63) is 28.6 Å². The molecule has 0 aliphatic heterocycles. The van der Waals surface area contributed by atoms with Crippen LogP contribution in [-0.4, -0.2) is 20.4 Å². The third kappa shape index (κ3) is 2.52. The zero-order valence-electron chi connectivity index (χ0n) is 7.76. The summed E-state index contributed by atoms with van der Waals surface area (Å²) in [6.45, 7) is 0. The summed E-state index contributed by atoms with van der Waals surface area (Å²) < 4.78 is 0. The molecule has 2 N–H and O–H groups in total. The average molecular weight is 274 g/mol. The van der Waals surface area contributed by atoms with E-state index in [2.05, 4.69) is 20.4 Å². The van der Waals surface area contributed by atoms with Crippen LogP contribution in [0.25, 0.3) is 0 Å². The minimum atomic E-state index is 0.249. The number of nitrogens with two attached hydrogens (primary N) is 1. The van der Waals surface area contributed by atoms with Crippen LogP contribution in [0.2, 0.25) is 10.3 Å². The van der Waals surface area contributed by atoms with Crippen LogP contribution in [0.15, 0.2) is 28.3 Å². The van der Waals surface area contributed by atoms with Gasteiger partial charge in [-0.15, -0.1) is 15.3 Å². The first-order chi connectivity index (χ1) is 7.66. The van der Waals surface area contributed by atoms with Crippen LogP contribution in [0.1, 0.15) is 0 Å². The van der Waals surface area contributed by atoms with E-state index >= 15 is 0 Å².